The zero-order valence-corrected chi connectivity index (χ0v) is 13.4. The fraction of sp³-hybridized carbons (Fsp3) is 0.158. The Morgan fingerprint density at radius 3 is 2.46 bits per heavy atom. The molecule has 1 aromatic carbocycles. The summed E-state index contributed by atoms with van der Waals surface area (Å²) < 4.78 is 1.86. The van der Waals surface area contributed by atoms with Gasteiger partial charge in [0.15, 0.2) is 0 Å². The first-order chi connectivity index (χ1) is 11.6. The number of rotatable bonds is 5. The van der Waals surface area contributed by atoms with Crippen molar-refractivity contribution in [3.8, 4) is 5.82 Å². The standard InChI is InChI=1S/C19H19N3O2/c1-19(24,16-7-3-2-4-8-16)14-21-18(23)15-9-10-17(20-13-15)22-11-5-6-12-22/h2-13,24H,14H2,1H3,(H,21,23). The molecule has 3 aromatic rings. The Bertz CT molecular complexity index is 794. The number of carbonyl (C=O) groups excluding carboxylic acids is 1. The van der Waals surface area contributed by atoms with E-state index in [0.29, 0.717) is 5.56 Å². The Hall–Kier alpha value is -2.92. The van der Waals surface area contributed by atoms with Gasteiger partial charge in [-0.3, -0.25) is 4.79 Å². The van der Waals surface area contributed by atoms with Gasteiger partial charge in [0.25, 0.3) is 5.91 Å². The molecule has 0 bridgehead atoms. The van der Waals surface area contributed by atoms with Gasteiger partial charge in [-0.1, -0.05) is 30.3 Å². The topological polar surface area (TPSA) is 67.2 Å². The summed E-state index contributed by atoms with van der Waals surface area (Å²) in [6.07, 6.45) is 5.31. The van der Waals surface area contributed by atoms with Crippen LogP contribution >= 0.6 is 0 Å². The zero-order chi connectivity index (χ0) is 17.0. The number of hydrogen-bond acceptors (Lipinski definition) is 3. The van der Waals surface area contributed by atoms with Gasteiger partial charge in [0, 0.05) is 18.6 Å². The number of pyridine rings is 1. The molecular weight excluding hydrogens is 302 g/mol. The van der Waals surface area contributed by atoms with Gasteiger partial charge in [0.05, 0.1) is 12.1 Å². The summed E-state index contributed by atoms with van der Waals surface area (Å²) in [5.74, 6) is 0.477. The lowest BCUT2D eigenvalue weighted by molar-refractivity contribution is 0.0526. The molecule has 2 aromatic heterocycles. The third-order valence-corrected chi connectivity index (χ3v) is 3.87. The zero-order valence-electron chi connectivity index (χ0n) is 13.4. The van der Waals surface area contributed by atoms with E-state index in [1.165, 1.54) is 6.20 Å². The number of nitrogens with one attached hydrogen (secondary N) is 1. The summed E-state index contributed by atoms with van der Waals surface area (Å²) in [6.45, 7) is 1.80. The van der Waals surface area contributed by atoms with E-state index in [1.54, 1.807) is 19.1 Å². The molecule has 2 N–H and O–H groups in total. The number of benzene rings is 1. The van der Waals surface area contributed by atoms with E-state index in [0.717, 1.165) is 11.4 Å². The van der Waals surface area contributed by atoms with Gasteiger partial charge in [-0.15, -0.1) is 0 Å². The Labute approximate surface area is 140 Å². The van der Waals surface area contributed by atoms with Crippen LogP contribution < -0.4 is 5.32 Å². The summed E-state index contributed by atoms with van der Waals surface area (Å²) >= 11 is 0. The first-order valence-corrected chi connectivity index (χ1v) is 7.72. The Kier molecular flexibility index (Phi) is 4.44. The summed E-state index contributed by atoms with van der Waals surface area (Å²) in [5.41, 5.74) is 0.0799. The first-order valence-electron chi connectivity index (χ1n) is 7.72. The molecular formula is C19H19N3O2. The van der Waals surface area contributed by atoms with Gasteiger partial charge in [0.1, 0.15) is 11.4 Å². The molecule has 0 aliphatic heterocycles. The molecule has 0 saturated carbocycles. The van der Waals surface area contributed by atoms with Crippen LogP contribution in [0.3, 0.4) is 0 Å². The van der Waals surface area contributed by atoms with E-state index < -0.39 is 5.60 Å². The van der Waals surface area contributed by atoms with E-state index in [4.69, 9.17) is 0 Å². The highest BCUT2D eigenvalue weighted by Crippen LogP contribution is 2.19. The summed E-state index contributed by atoms with van der Waals surface area (Å²) in [4.78, 5) is 16.5. The molecule has 122 valence electrons. The second-order valence-corrected chi connectivity index (χ2v) is 5.82. The third-order valence-electron chi connectivity index (χ3n) is 3.87. The minimum atomic E-state index is -1.13. The number of aliphatic hydroxyl groups is 1. The smallest absolute Gasteiger partial charge is 0.252 e. The van der Waals surface area contributed by atoms with Crippen molar-refractivity contribution in [2.45, 2.75) is 12.5 Å². The van der Waals surface area contributed by atoms with Gasteiger partial charge in [-0.05, 0) is 36.8 Å². The Morgan fingerprint density at radius 2 is 1.83 bits per heavy atom. The van der Waals surface area contributed by atoms with E-state index in [2.05, 4.69) is 10.3 Å². The van der Waals surface area contributed by atoms with Crippen molar-refractivity contribution >= 4 is 5.91 Å². The Morgan fingerprint density at radius 1 is 1.12 bits per heavy atom. The van der Waals surface area contributed by atoms with Crippen LogP contribution in [0.4, 0.5) is 0 Å². The molecule has 5 heteroatoms. The maximum absolute atomic E-state index is 12.3. The molecule has 0 fully saturated rings. The fourth-order valence-electron chi connectivity index (χ4n) is 2.41. The van der Waals surface area contributed by atoms with Crippen molar-refractivity contribution in [2.24, 2.45) is 0 Å². The maximum Gasteiger partial charge on any atom is 0.252 e. The lowest BCUT2D eigenvalue weighted by Gasteiger charge is -2.24. The van der Waals surface area contributed by atoms with Gasteiger partial charge in [0.2, 0.25) is 0 Å². The molecule has 1 amide bonds. The number of carbonyl (C=O) groups is 1. The monoisotopic (exact) mass is 321 g/mol. The minimum Gasteiger partial charge on any atom is -0.384 e. The highest BCUT2D eigenvalue weighted by atomic mass is 16.3. The average Bonchev–Trinajstić information content (AvgIpc) is 3.15. The maximum atomic E-state index is 12.3. The van der Waals surface area contributed by atoms with Crippen LogP contribution in [0.25, 0.3) is 5.82 Å². The number of nitrogens with zero attached hydrogens (tertiary/aromatic N) is 2. The van der Waals surface area contributed by atoms with Crippen molar-refractivity contribution in [1.82, 2.24) is 14.9 Å². The largest absolute Gasteiger partial charge is 0.384 e. The highest BCUT2D eigenvalue weighted by molar-refractivity contribution is 5.94. The molecule has 0 aliphatic carbocycles. The molecule has 5 nitrogen and oxygen atoms in total. The minimum absolute atomic E-state index is 0.120. The summed E-state index contributed by atoms with van der Waals surface area (Å²) in [6, 6.07) is 16.6. The average molecular weight is 321 g/mol. The van der Waals surface area contributed by atoms with Crippen molar-refractivity contribution < 1.29 is 9.90 Å². The number of hydrogen-bond donors (Lipinski definition) is 2. The molecule has 0 aliphatic rings. The van der Waals surface area contributed by atoms with E-state index >= 15 is 0 Å². The third kappa shape index (κ3) is 3.52. The Balaban J connectivity index is 1.65. The van der Waals surface area contributed by atoms with Crippen molar-refractivity contribution in [1.29, 1.82) is 0 Å². The van der Waals surface area contributed by atoms with Gasteiger partial charge >= 0.3 is 0 Å². The van der Waals surface area contributed by atoms with Gasteiger partial charge in [-0.2, -0.15) is 0 Å². The number of amides is 1. The molecule has 0 radical (unpaired) electrons. The summed E-state index contributed by atoms with van der Waals surface area (Å²) in [7, 11) is 0. The first kappa shape index (κ1) is 16.0. The van der Waals surface area contributed by atoms with E-state index in [-0.39, 0.29) is 12.5 Å². The lowest BCUT2D eigenvalue weighted by atomic mass is 9.96. The molecule has 1 unspecified atom stereocenters. The highest BCUT2D eigenvalue weighted by Gasteiger charge is 2.23. The lowest BCUT2D eigenvalue weighted by Crippen LogP contribution is -2.38. The molecule has 3 rings (SSSR count). The van der Waals surface area contributed by atoms with Crippen molar-refractivity contribution in [2.75, 3.05) is 6.54 Å². The van der Waals surface area contributed by atoms with Crippen molar-refractivity contribution in [3.63, 3.8) is 0 Å². The predicted molar refractivity (Wildman–Crippen MR) is 91.9 cm³/mol. The molecule has 1 atom stereocenters. The summed E-state index contributed by atoms with van der Waals surface area (Å²) in [5, 5.41) is 13.3. The van der Waals surface area contributed by atoms with Crippen LogP contribution in [-0.4, -0.2) is 27.1 Å². The van der Waals surface area contributed by atoms with Crippen molar-refractivity contribution in [3.05, 3.63) is 84.3 Å². The number of aromatic nitrogens is 2. The van der Waals surface area contributed by atoms with E-state index in [9.17, 15) is 9.90 Å². The molecule has 2 heterocycles. The predicted octanol–water partition coefficient (Wildman–Crippen LogP) is 2.51. The SMILES string of the molecule is CC(O)(CNC(=O)c1ccc(-n2cccc2)nc1)c1ccccc1. The van der Waals surface area contributed by atoms with Crippen LogP contribution in [0.15, 0.2) is 73.2 Å². The van der Waals surface area contributed by atoms with Gasteiger partial charge < -0.3 is 15.0 Å². The second kappa shape index (κ2) is 6.68. The van der Waals surface area contributed by atoms with Crippen LogP contribution in [0, 0.1) is 0 Å². The van der Waals surface area contributed by atoms with E-state index in [1.807, 2.05) is 59.4 Å². The van der Waals surface area contributed by atoms with Crippen LogP contribution in [-0.2, 0) is 5.60 Å². The van der Waals surface area contributed by atoms with Crippen LogP contribution in [0.5, 0.6) is 0 Å². The van der Waals surface area contributed by atoms with Crippen LogP contribution in [0.1, 0.15) is 22.8 Å². The van der Waals surface area contributed by atoms with Gasteiger partial charge in [-0.25, -0.2) is 4.98 Å². The molecule has 24 heavy (non-hydrogen) atoms. The molecule has 0 saturated heterocycles. The van der Waals surface area contributed by atoms with Crippen LogP contribution in [0.2, 0.25) is 0 Å². The quantitative estimate of drug-likeness (QED) is 0.759. The molecule has 0 spiro atoms. The normalized spacial score (nSPS) is 13.2. The fourth-order valence-corrected chi connectivity index (χ4v) is 2.41. The second-order valence-electron chi connectivity index (χ2n) is 5.82.